The highest BCUT2D eigenvalue weighted by molar-refractivity contribution is 5.44. The van der Waals surface area contributed by atoms with Crippen LogP contribution < -0.4 is 0 Å². The highest BCUT2D eigenvalue weighted by Gasteiger charge is 1.77. The molecule has 0 heteroatoms. The predicted octanol–water partition coefficient (Wildman–Crippen LogP) is 1.93. The molecule has 0 N–H and O–H groups in total. The van der Waals surface area contributed by atoms with Gasteiger partial charge in [-0.1, -0.05) is 30.9 Å². The summed E-state index contributed by atoms with van der Waals surface area (Å²) in [6, 6.07) is 11.3. The van der Waals surface area contributed by atoms with Gasteiger partial charge in [-0.3, -0.25) is 0 Å². The zero-order valence-electron chi connectivity index (χ0n) is 4.52. The molecular formula is C8H6. The van der Waals surface area contributed by atoms with Gasteiger partial charge < -0.3 is 0 Å². The Morgan fingerprint density at radius 1 is 1.62 bits per heavy atom. The predicted molar refractivity (Wildman–Crippen MR) is 34.2 cm³/mol. The minimum atomic E-state index is 0.993. The first-order valence-corrected chi connectivity index (χ1v) is 2.44. The molecule has 0 atom stereocenters. The zero-order chi connectivity index (χ0) is 5.82. The number of benzene rings is 1. The first-order chi connectivity index (χ1) is 3.93. The molecule has 0 saturated heterocycles. The summed E-state index contributed by atoms with van der Waals surface area (Å²) in [4.78, 5) is 0. The van der Waals surface area contributed by atoms with Crippen molar-refractivity contribution < 1.29 is 0 Å². The molecule has 0 fully saturated rings. The average molecular weight is 102 g/mol. The van der Waals surface area contributed by atoms with Crippen LogP contribution in [0.15, 0.2) is 24.8 Å². The van der Waals surface area contributed by atoms with Crippen molar-refractivity contribution >= 4 is 6.08 Å². The van der Waals surface area contributed by atoms with Gasteiger partial charge in [-0.2, -0.15) is 0 Å². The maximum atomic E-state index is 3.58. The summed E-state index contributed by atoms with van der Waals surface area (Å²) in [6.07, 6.45) is 1.75. The summed E-state index contributed by atoms with van der Waals surface area (Å²) >= 11 is 0. The molecule has 0 aliphatic carbocycles. The first kappa shape index (κ1) is 5.10. The fraction of sp³-hybridized carbons (Fsp3) is 0. The van der Waals surface area contributed by atoms with E-state index in [2.05, 4.69) is 18.7 Å². The number of rotatable bonds is 1. The van der Waals surface area contributed by atoms with Crippen LogP contribution in [0.4, 0.5) is 0 Å². The van der Waals surface area contributed by atoms with Crippen molar-refractivity contribution in [2.45, 2.75) is 0 Å². The Kier molecular flexibility index (Phi) is 1.48. The fourth-order valence-electron chi connectivity index (χ4n) is 0.486. The second-order valence-electron chi connectivity index (χ2n) is 1.45. The lowest BCUT2D eigenvalue weighted by atomic mass is 10.2. The molecule has 0 aliphatic heterocycles. The normalized spacial score (nSPS) is 8.50. The molecule has 38 valence electrons. The van der Waals surface area contributed by atoms with Gasteiger partial charge in [0.25, 0.3) is 0 Å². The Bertz CT molecular complexity index is 163. The molecule has 0 nitrogen and oxygen atoms in total. The van der Waals surface area contributed by atoms with Crippen LogP contribution in [0.1, 0.15) is 5.56 Å². The highest BCUT2D eigenvalue weighted by Crippen LogP contribution is 1.95. The van der Waals surface area contributed by atoms with Crippen molar-refractivity contribution in [3.05, 3.63) is 42.5 Å². The minimum Gasteiger partial charge on any atom is -0.0984 e. The van der Waals surface area contributed by atoms with Gasteiger partial charge in [-0.25, -0.2) is 0 Å². The molecule has 0 aromatic heterocycles. The van der Waals surface area contributed by atoms with Crippen LogP contribution >= 0.6 is 0 Å². The Labute approximate surface area is 49.5 Å². The van der Waals surface area contributed by atoms with E-state index >= 15 is 0 Å². The van der Waals surface area contributed by atoms with Crippen LogP contribution in [-0.4, -0.2) is 0 Å². The second-order valence-corrected chi connectivity index (χ2v) is 1.45. The smallest absolute Gasteiger partial charge is 0.00206 e. The van der Waals surface area contributed by atoms with Crippen molar-refractivity contribution in [1.82, 2.24) is 0 Å². The third kappa shape index (κ3) is 0.969. The largest absolute Gasteiger partial charge is 0.0984 e. The van der Waals surface area contributed by atoms with Crippen LogP contribution in [-0.2, 0) is 0 Å². The van der Waals surface area contributed by atoms with Crippen molar-refractivity contribution in [3.8, 4) is 0 Å². The Balaban J connectivity index is 2.99. The SMILES string of the molecule is C=Cc1[c][c]ccc1. The van der Waals surface area contributed by atoms with Crippen LogP contribution in [0.2, 0.25) is 0 Å². The van der Waals surface area contributed by atoms with Crippen LogP contribution in [0.25, 0.3) is 6.08 Å². The van der Waals surface area contributed by atoms with Gasteiger partial charge in [0.2, 0.25) is 0 Å². The Hall–Kier alpha value is -1.04. The summed E-state index contributed by atoms with van der Waals surface area (Å²) in [6.45, 7) is 3.58. The first-order valence-electron chi connectivity index (χ1n) is 2.44. The minimum absolute atomic E-state index is 0.993. The van der Waals surface area contributed by atoms with Crippen molar-refractivity contribution in [1.29, 1.82) is 0 Å². The van der Waals surface area contributed by atoms with Gasteiger partial charge in [0.15, 0.2) is 0 Å². The Morgan fingerprint density at radius 3 is 2.88 bits per heavy atom. The molecule has 0 unspecified atom stereocenters. The summed E-state index contributed by atoms with van der Waals surface area (Å²) in [5.74, 6) is 0. The second kappa shape index (κ2) is 2.31. The molecule has 8 heavy (non-hydrogen) atoms. The van der Waals surface area contributed by atoms with E-state index in [1.54, 1.807) is 6.08 Å². The lowest BCUT2D eigenvalue weighted by Crippen LogP contribution is -1.65. The van der Waals surface area contributed by atoms with Gasteiger partial charge in [0.05, 0.1) is 0 Å². The van der Waals surface area contributed by atoms with Gasteiger partial charge in [0, 0.05) is 0 Å². The van der Waals surface area contributed by atoms with Gasteiger partial charge >= 0.3 is 0 Å². The Morgan fingerprint density at radius 2 is 2.50 bits per heavy atom. The third-order valence-electron chi connectivity index (χ3n) is 0.892. The zero-order valence-corrected chi connectivity index (χ0v) is 4.52. The molecule has 0 saturated carbocycles. The van der Waals surface area contributed by atoms with E-state index in [-0.39, 0.29) is 0 Å². The van der Waals surface area contributed by atoms with Gasteiger partial charge in [-0.15, -0.1) is 0 Å². The molecule has 0 bridgehead atoms. The van der Waals surface area contributed by atoms with Gasteiger partial charge in [-0.05, 0) is 17.7 Å². The van der Waals surface area contributed by atoms with E-state index in [1.165, 1.54) is 0 Å². The quantitative estimate of drug-likeness (QED) is 0.508. The molecule has 1 aromatic carbocycles. The van der Waals surface area contributed by atoms with Crippen molar-refractivity contribution in [2.75, 3.05) is 0 Å². The number of hydrogen-bond acceptors (Lipinski definition) is 0. The molecule has 0 heterocycles. The average Bonchev–Trinajstić information content (AvgIpc) is 1.90. The topological polar surface area (TPSA) is 0 Å². The van der Waals surface area contributed by atoms with Gasteiger partial charge in [0.1, 0.15) is 0 Å². The van der Waals surface area contributed by atoms with E-state index in [0.717, 1.165) is 5.56 Å². The van der Waals surface area contributed by atoms with Crippen LogP contribution in [0, 0.1) is 12.1 Å². The molecule has 1 aromatic rings. The van der Waals surface area contributed by atoms with E-state index < -0.39 is 0 Å². The van der Waals surface area contributed by atoms with Crippen LogP contribution in [0.5, 0.6) is 0 Å². The molecule has 0 spiro atoms. The van der Waals surface area contributed by atoms with Crippen molar-refractivity contribution in [3.63, 3.8) is 0 Å². The summed E-state index contributed by atoms with van der Waals surface area (Å²) in [5.41, 5.74) is 0.993. The van der Waals surface area contributed by atoms with E-state index in [0.29, 0.717) is 0 Å². The summed E-state index contributed by atoms with van der Waals surface area (Å²) in [7, 11) is 0. The van der Waals surface area contributed by atoms with E-state index in [4.69, 9.17) is 0 Å². The molecule has 1 rings (SSSR count). The monoisotopic (exact) mass is 102 g/mol. The third-order valence-corrected chi connectivity index (χ3v) is 0.892. The molecule has 0 amide bonds. The fourth-order valence-corrected chi connectivity index (χ4v) is 0.486. The molecule has 0 aliphatic rings. The van der Waals surface area contributed by atoms with E-state index in [9.17, 15) is 0 Å². The standard InChI is InChI=1S/C8H6/c1-2-8-6-4-3-5-7-8/h2-4,6H,1H2. The van der Waals surface area contributed by atoms with Crippen LogP contribution in [0.3, 0.4) is 0 Å². The summed E-state index contributed by atoms with van der Waals surface area (Å²) < 4.78 is 0. The van der Waals surface area contributed by atoms with Crippen molar-refractivity contribution in [2.24, 2.45) is 0 Å². The lowest BCUT2D eigenvalue weighted by molar-refractivity contribution is 1.63. The lowest BCUT2D eigenvalue weighted by Gasteiger charge is -1.83. The maximum absolute atomic E-state index is 3.58. The summed E-state index contributed by atoms with van der Waals surface area (Å²) in [5, 5.41) is 0. The maximum Gasteiger partial charge on any atom is -0.00206 e. The molecular weight excluding hydrogens is 96.1 g/mol. The highest BCUT2D eigenvalue weighted by atomic mass is 13.8. The number of hydrogen-bond donors (Lipinski definition) is 0. The van der Waals surface area contributed by atoms with E-state index in [1.807, 2.05) is 18.2 Å². The molecule has 2 radical (unpaired) electrons.